The Morgan fingerprint density at radius 2 is 2.20 bits per heavy atom. The summed E-state index contributed by atoms with van der Waals surface area (Å²) in [5, 5.41) is 2.79. The number of nitrogens with zero attached hydrogens (tertiary/aromatic N) is 2. The van der Waals surface area contributed by atoms with E-state index in [1.54, 1.807) is 11.3 Å². The van der Waals surface area contributed by atoms with Crippen molar-refractivity contribution in [1.82, 2.24) is 9.88 Å². The van der Waals surface area contributed by atoms with E-state index in [4.69, 9.17) is 16.3 Å². The molecule has 0 unspecified atom stereocenters. The molecule has 4 rings (SSSR count). The molecule has 0 amide bonds. The van der Waals surface area contributed by atoms with E-state index in [2.05, 4.69) is 22.0 Å². The summed E-state index contributed by atoms with van der Waals surface area (Å²) in [5.41, 5.74) is 3.59. The highest BCUT2D eigenvalue weighted by Crippen LogP contribution is 2.52. The van der Waals surface area contributed by atoms with Gasteiger partial charge in [-0.05, 0) is 37.0 Å². The molecule has 0 aliphatic carbocycles. The summed E-state index contributed by atoms with van der Waals surface area (Å²) in [6.45, 7) is 0.850. The van der Waals surface area contributed by atoms with Gasteiger partial charge in [-0.15, -0.1) is 11.3 Å². The zero-order chi connectivity index (χ0) is 17.4. The molecule has 2 aliphatic rings. The van der Waals surface area contributed by atoms with E-state index in [1.165, 1.54) is 12.7 Å². The molecule has 3 heterocycles. The maximum Gasteiger partial charge on any atom is 0.313 e. The second-order valence-electron chi connectivity index (χ2n) is 7.05. The van der Waals surface area contributed by atoms with Gasteiger partial charge in [-0.1, -0.05) is 23.7 Å². The Kier molecular flexibility index (Phi) is 4.56. The van der Waals surface area contributed by atoms with Gasteiger partial charge in [0.1, 0.15) is 0 Å². The molecule has 1 aromatic heterocycles. The fourth-order valence-electron chi connectivity index (χ4n) is 4.68. The molecule has 2 saturated heterocycles. The van der Waals surface area contributed by atoms with E-state index in [9.17, 15) is 4.79 Å². The van der Waals surface area contributed by atoms with E-state index in [0.29, 0.717) is 12.5 Å². The number of rotatable bonds is 5. The van der Waals surface area contributed by atoms with Crippen molar-refractivity contribution in [1.29, 1.82) is 0 Å². The summed E-state index contributed by atoms with van der Waals surface area (Å²) in [6.07, 6.45) is 3.71. The number of carbonyl (C=O) groups is 1. The van der Waals surface area contributed by atoms with Crippen molar-refractivity contribution < 1.29 is 9.53 Å². The number of fused-ring (bicyclic) bond motifs is 2. The predicted octanol–water partition coefficient (Wildman–Crippen LogP) is 3.94. The van der Waals surface area contributed by atoms with Crippen LogP contribution >= 0.6 is 22.9 Å². The largest absolute Gasteiger partial charge is 0.469 e. The number of thiazole rings is 1. The fourth-order valence-corrected chi connectivity index (χ4v) is 5.36. The molecule has 2 aromatic rings. The highest BCUT2D eigenvalue weighted by molar-refractivity contribution is 7.07. The molecular weight excluding hydrogens is 356 g/mol. The van der Waals surface area contributed by atoms with E-state index in [0.717, 1.165) is 36.5 Å². The maximum absolute atomic E-state index is 12.8. The van der Waals surface area contributed by atoms with Crippen LogP contribution in [0.5, 0.6) is 0 Å². The summed E-state index contributed by atoms with van der Waals surface area (Å²) >= 11 is 7.58. The summed E-state index contributed by atoms with van der Waals surface area (Å²) in [4.78, 5) is 19.7. The Labute approximate surface area is 156 Å². The molecule has 0 radical (unpaired) electrons. The van der Waals surface area contributed by atoms with E-state index < -0.39 is 5.41 Å². The lowest BCUT2D eigenvalue weighted by atomic mass is 9.71. The van der Waals surface area contributed by atoms with Gasteiger partial charge >= 0.3 is 5.97 Å². The molecule has 1 aromatic carbocycles. The van der Waals surface area contributed by atoms with Crippen molar-refractivity contribution in [2.75, 3.05) is 7.11 Å². The number of ether oxygens (including phenoxy) is 1. The van der Waals surface area contributed by atoms with Crippen LogP contribution in [0.4, 0.5) is 0 Å². The molecule has 6 heteroatoms. The third kappa shape index (κ3) is 2.98. The van der Waals surface area contributed by atoms with Crippen molar-refractivity contribution >= 4 is 28.9 Å². The summed E-state index contributed by atoms with van der Waals surface area (Å²) in [5.74, 6) is -0.0891. The van der Waals surface area contributed by atoms with Crippen molar-refractivity contribution in [2.24, 2.45) is 5.41 Å². The first-order valence-electron chi connectivity index (χ1n) is 8.58. The van der Waals surface area contributed by atoms with Crippen molar-refractivity contribution in [3.8, 4) is 0 Å². The Bertz CT molecular complexity index is 749. The first kappa shape index (κ1) is 17.0. The Morgan fingerprint density at radius 1 is 1.40 bits per heavy atom. The topological polar surface area (TPSA) is 42.4 Å². The number of hydrogen-bond acceptors (Lipinski definition) is 5. The van der Waals surface area contributed by atoms with Crippen LogP contribution in [0.1, 0.15) is 30.5 Å². The number of aromatic nitrogens is 1. The van der Waals surface area contributed by atoms with Gasteiger partial charge in [0.15, 0.2) is 0 Å². The Morgan fingerprint density at radius 3 is 2.88 bits per heavy atom. The Hall–Kier alpha value is -1.43. The predicted molar refractivity (Wildman–Crippen MR) is 98.7 cm³/mol. The summed E-state index contributed by atoms with van der Waals surface area (Å²) in [6, 6.07) is 8.64. The number of esters is 1. The average Bonchev–Trinajstić information content (AvgIpc) is 3.33. The molecular formula is C19H21ClN2O2S. The maximum atomic E-state index is 12.8. The van der Waals surface area contributed by atoms with Gasteiger partial charge in [-0.25, -0.2) is 4.98 Å². The first-order valence-corrected chi connectivity index (χ1v) is 9.90. The van der Waals surface area contributed by atoms with Crippen molar-refractivity contribution in [3.05, 3.63) is 51.4 Å². The number of carbonyl (C=O) groups excluding carboxylic acids is 1. The number of methoxy groups -OCH3 is 1. The van der Waals surface area contributed by atoms with E-state index in [1.807, 2.05) is 23.0 Å². The lowest BCUT2D eigenvalue weighted by Crippen LogP contribution is -2.45. The minimum absolute atomic E-state index is 0.0891. The fraction of sp³-hybridized carbons (Fsp3) is 0.474. The summed E-state index contributed by atoms with van der Waals surface area (Å²) in [7, 11) is 1.50. The van der Waals surface area contributed by atoms with Crippen LogP contribution in [0, 0.1) is 5.41 Å². The van der Waals surface area contributed by atoms with Gasteiger partial charge in [0, 0.05) is 35.5 Å². The molecule has 0 saturated carbocycles. The molecule has 3 atom stereocenters. The molecule has 2 fully saturated rings. The average molecular weight is 377 g/mol. The van der Waals surface area contributed by atoms with Gasteiger partial charge < -0.3 is 4.74 Å². The van der Waals surface area contributed by atoms with Crippen LogP contribution in [0.25, 0.3) is 0 Å². The zero-order valence-corrected chi connectivity index (χ0v) is 15.7. The monoisotopic (exact) mass is 376 g/mol. The SMILES string of the molecule is COC(=O)[C@@]1(Cc2cscn2)C[C@H]2CC[C@@H]1N2Cc1ccc(Cl)cc1. The molecule has 25 heavy (non-hydrogen) atoms. The standard InChI is InChI=1S/C19H21ClN2O2S/c1-24-18(23)19(8-15-11-25-12-21-15)9-16-6-7-17(19)22(16)10-13-2-4-14(20)5-3-13/h2-5,11-12,16-17H,6-10H2,1H3/t16-,17+,19+/m1/s1. The molecule has 2 bridgehead atoms. The van der Waals surface area contributed by atoms with Crippen LogP contribution in [-0.2, 0) is 22.5 Å². The van der Waals surface area contributed by atoms with Crippen LogP contribution in [0.15, 0.2) is 35.2 Å². The normalized spacial score (nSPS) is 28.4. The second kappa shape index (κ2) is 6.71. The van der Waals surface area contributed by atoms with Gasteiger partial charge in [0.25, 0.3) is 0 Å². The third-order valence-electron chi connectivity index (χ3n) is 5.73. The van der Waals surface area contributed by atoms with Crippen molar-refractivity contribution in [2.45, 2.75) is 44.3 Å². The third-order valence-corrected chi connectivity index (χ3v) is 6.62. The number of benzene rings is 1. The van der Waals surface area contributed by atoms with Gasteiger partial charge in [0.2, 0.25) is 0 Å². The highest BCUT2D eigenvalue weighted by atomic mass is 35.5. The molecule has 2 aliphatic heterocycles. The lowest BCUT2D eigenvalue weighted by Gasteiger charge is -2.34. The smallest absolute Gasteiger partial charge is 0.313 e. The van der Waals surface area contributed by atoms with Crippen LogP contribution in [0.2, 0.25) is 5.02 Å². The number of hydrogen-bond donors (Lipinski definition) is 0. The van der Waals surface area contributed by atoms with Crippen LogP contribution in [0.3, 0.4) is 0 Å². The minimum Gasteiger partial charge on any atom is -0.469 e. The quantitative estimate of drug-likeness (QED) is 0.741. The van der Waals surface area contributed by atoms with E-state index in [-0.39, 0.29) is 12.0 Å². The highest BCUT2D eigenvalue weighted by Gasteiger charge is 2.60. The van der Waals surface area contributed by atoms with Crippen molar-refractivity contribution in [3.63, 3.8) is 0 Å². The van der Waals surface area contributed by atoms with Crippen LogP contribution < -0.4 is 0 Å². The molecule has 0 N–H and O–H groups in total. The number of halogens is 1. The van der Waals surface area contributed by atoms with Crippen LogP contribution in [-0.4, -0.2) is 35.0 Å². The van der Waals surface area contributed by atoms with Gasteiger partial charge in [-0.2, -0.15) is 0 Å². The zero-order valence-electron chi connectivity index (χ0n) is 14.2. The minimum atomic E-state index is -0.474. The van der Waals surface area contributed by atoms with Gasteiger partial charge in [-0.3, -0.25) is 9.69 Å². The lowest BCUT2D eigenvalue weighted by molar-refractivity contribution is -0.155. The van der Waals surface area contributed by atoms with Gasteiger partial charge in [0.05, 0.1) is 23.7 Å². The van der Waals surface area contributed by atoms with E-state index >= 15 is 0 Å². The second-order valence-corrected chi connectivity index (χ2v) is 8.21. The summed E-state index contributed by atoms with van der Waals surface area (Å²) < 4.78 is 5.25. The Balaban J connectivity index is 1.61. The molecule has 4 nitrogen and oxygen atoms in total. The molecule has 0 spiro atoms. The first-order chi connectivity index (χ1) is 12.1. The molecule has 132 valence electrons.